The van der Waals surface area contributed by atoms with Crippen molar-refractivity contribution in [1.29, 1.82) is 0 Å². The van der Waals surface area contributed by atoms with Gasteiger partial charge in [-0.1, -0.05) is 36.4 Å². The van der Waals surface area contributed by atoms with E-state index in [4.69, 9.17) is 0 Å². The number of rotatable bonds is 7. The molecule has 0 saturated carbocycles. The van der Waals surface area contributed by atoms with E-state index in [-0.39, 0.29) is 17.4 Å². The summed E-state index contributed by atoms with van der Waals surface area (Å²) in [5.74, 6) is -0.144. The Labute approximate surface area is 156 Å². The molecule has 1 aliphatic rings. The van der Waals surface area contributed by atoms with E-state index in [2.05, 4.69) is 29.0 Å². The highest BCUT2D eigenvalue weighted by molar-refractivity contribution is 5.84. The summed E-state index contributed by atoms with van der Waals surface area (Å²) in [6.07, 6.45) is 4.90. The Kier molecular flexibility index (Phi) is 6.04. The number of nitrogens with zero attached hydrogens (tertiary/aromatic N) is 2. The van der Waals surface area contributed by atoms with Crippen LogP contribution in [-0.4, -0.2) is 41.0 Å². The number of amides is 1. The molecule has 138 valence electrons. The standard InChI is InChI=1S/C22H29N3O/c1-22(2,25-14-8-9-15-25)17-24-21(26)20(18-10-4-3-5-11-18)16-19-12-6-7-13-23-19/h3-7,10-13,20H,8-9,14-17H2,1-2H3,(H,24,26). The number of benzene rings is 1. The molecule has 1 aromatic carbocycles. The molecule has 1 N–H and O–H groups in total. The first-order chi connectivity index (χ1) is 12.6. The molecular formula is C22H29N3O. The zero-order chi connectivity index (χ0) is 18.4. The summed E-state index contributed by atoms with van der Waals surface area (Å²) in [5.41, 5.74) is 1.96. The van der Waals surface area contributed by atoms with Crippen LogP contribution >= 0.6 is 0 Å². The van der Waals surface area contributed by atoms with Gasteiger partial charge in [0.05, 0.1) is 5.92 Å². The fraction of sp³-hybridized carbons (Fsp3) is 0.455. The Balaban J connectivity index is 1.70. The number of carbonyl (C=O) groups excluding carboxylic acids is 1. The van der Waals surface area contributed by atoms with Crippen LogP contribution in [0.15, 0.2) is 54.7 Å². The van der Waals surface area contributed by atoms with Crippen molar-refractivity contribution in [2.45, 2.75) is 44.6 Å². The second kappa shape index (κ2) is 8.45. The molecule has 1 aliphatic heterocycles. The fourth-order valence-electron chi connectivity index (χ4n) is 3.64. The largest absolute Gasteiger partial charge is 0.354 e. The molecule has 1 aromatic heterocycles. The van der Waals surface area contributed by atoms with Crippen LogP contribution in [-0.2, 0) is 11.2 Å². The van der Waals surface area contributed by atoms with Crippen molar-refractivity contribution in [3.8, 4) is 0 Å². The van der Waals surface area contributed by atoms with Crippen LogP contribution in [0.5, 0.6) is 0 Å². The van der Waals surface area contributed by atoms with Gasteiger partial charge in [-0.3, -0.25) is 14.7 Å². The van der Waals surface area contributed by atoms with Gasteiger partial charge in [-0.2, -0.15) is 0 Å². The predicted molar refractivity (Wildman–Crippen MR) is 105 cm³/mol. The molecule has 0 radical (unpaired) electrons. The van der Waals surface area contributed by atoms with Gasteiger partial charge in [-0.25, -0.2) is 0 Å². The molecule has 0 aliphatic carbocycles. The zero-order valence-corrected chi connectivity index (χ0v) is 15.8. The average molecular weight is 351 g/mol. The Morgan fingerprint density at radius 1 is 1.12 bits per heavy atom. The van der Waals surface area contributed by atoms with Crippen LogP contribution in [0.1, 0.15) is 43.9 Å². The predicted octanol–water partition coefficient (Wildman–Crippen LogP) is 3.40. The van der Waals surface area contributed by atoms with Crippen molar-refractivity contribution in [2.75, 3.05) is 19.6 Å². The molecule has 1 amide bonds. The number of pyridine rings is 1. The molecule has 1 fully saturated rings. The highest BCUT2D eigenvalue weighted by atomic mass is 16.1. The van der Waals surface area contributed by atoms with E-state index in [1.54, 1.807) is 6.20 Å². The van der Waals surface area contributed by atoms with Crippen molar-refractivity contribution in [3.05, 3.63) is 66.0 Å². The van der Waals surface area contributed by atoms with Crippen LogP contribution in [0.25, 0.3) is 0 Å². The summed E-state index contributed by atoms with van der Waals surface area (Å²) in [7, 11) is 0. The van der Waals surface area contributed by atoms with E-state index >= 15 is 0 Å². The molecule has 3 rings (SSSR count). The number of hydrogen-bond donors (Lipinski definition) is 1. The molecule has 1 atom stereocenters. The maximum Gasteiger partial charge on any atom is 0.228 e. The van der Waals surface area contributed by atoms with Gasteiger partial charge in [-0.05, 0) is 57.5 Å². The zero-order valence-electron chi connectivity index (χ0n) is 15.8. The van der Waals surface area contributed by atoms with Crippen molar-refractivity contribution < 1.29 is 4.79 Å². The lowest BCUT2D eigenvalue weighted by Gasteiger charge is -2.36. The SMILES string of the molecule is CC(C)(CNC(=O)C(Cc1ccccn1)c1ccccc1)N1CCCC1. The van der Waals surface area contributed by atoms with Crippen molar-refractivity contribution >= 4 is 5.91 Å². The van der Waals surface area contributed by atoms with E-state index in [9.17, 15) is 4.79 Å². The summed E-state index contributed by atoms with van der Waals surface area (Å²) in [5, 5.41) is 3.21. The summed E-state index contributed by atoms with van der Waals surface area (Å²) in [6, 6.07) is 15.9. The maximum atomic E-state index is 13.1. The first kappa shape index (κ1) is 18.6. The Morgan fingerprint density at radius 3 is 2.46 bits per heavy atom. The smallest absolute Gasteiger partial charge is 0.228 e. The Morgan fingerprint density at radius 2 is 1.81 bits per heavy atom. The molecule has 2 heterocycles. The summed E-state index contributed by atoms with van der Waals surface area (Å²) < 4.78 is 0. The van der Waals surface area contributed by atoms with Gasteiger partial charge in [0.15, 0.2) is 0 Å². The van der Waals surface area contributed by atoms with Crippen LogP contribution in [0.3, 0.4) is 0 Å². The molecule has 26 heavy (non-hydrogen) atoms. The molecule has 4 heteroatoms. The van der Waals surface area contributed by atoms with Crippen molar-refractivity contribution in [1.82, 2.24) is 15.2 Å². The van der Waals surface area contributed by atoms with E-state index in [0.717, 1.165) is 24.3 Å². The van der Waals surface area contributed by atoms with E-state index in [1.165, 1.54) is 12.8 Å². The number of hydrogen-bond acceptors (Lipinski definition) is 3. The fourth-order valence-corrected chi connectivity index (χ4v) is 3.64. The molecule has 2 aromatic rings. The van der Waals surface area contributed by atoms with Crippen LogP contribution in [0.4, 0.5) is 0 Å². The van der Waals surface area contributed by atoms with Gasteiger partial charge in [0, 0.05) is 30.4 Å². The number of likely N-dealkylation sites (tertiary alicyclic amines) is 1. The Hall–Kier alpha value is -2.20. The number of carbonyl (C=O) groups is 1. The second-order valence-electron chi connectivity index (χ2n) is 7.71. The summed E-state index contributed by atoms with van der Waals surface area (Å²) >= 11 is 0. The van der Waals surface area contributed by atoms with Crippen molar-refractivity contribution in [3.63, 3.8) is 0 Å². The van der Waals surface area contributed by atoms with E-state index in [0.29, 0.717) is 13.0 Å². The quantitative estimate of drug-likeness (QED) is 0.831. The minimum absolute atomic E-state index is 0.0155. The molecule has 4 nitrogen and oxygen atoms in total. The minimum atomic E-state index is -0.222. The lowest BCUT2D eigenvalue weighted by atomic mass is 9.92. The molecule has 0 spiro atoms. The van der Waals surface area contributed by atoms with Gasteiger partial charge < -0.3 is 5.32 Å². The maximum absolute atomic E-state index is 13.1. The van der Waals surface area contributed by atoms with Gasteiger partial charge in [0.2, 0.25) is 5.91 Å². The lowest BCUT2D eigenvalue weighted by molar-refractivity contribution is -0.123. The Bertz CT molecular complexity index is 694. The van der Waals surface area contributed by atoms with Gasteiger partial charge in [-0.15, -0.1) is 0 Å². The van der Waals surface area contributed by atoms with Gasteiger partial charge in [0.1, 0.15) is 0 Å². The monoisotopic (exact) mass is 351 g/mol. The molecule has 0 bridgehead atoms. The summed E-state index contributed by atoms with van der Waals surface area (Å²) in [4.78, 5) is 19.9. The molecule has 1 unspecified atom stereocenters. The summed E-state index contributed by atoms with van der Waals surface area (Å²) in [6.45, 7) is 7.35. The van der Waals surface area contributed by atoms with Crippen molar-refractivity contribution in [2.24, 2.45) is 0 Å². The topological polar surface area (TPSA) is 45.2 Å². The number of nitrogens with one attached hydrogen (secondary N) is 1. The molecular weight excluding hydrogens is 322 g/mol. The normalized spacial score (nSPS) is 16.4. The minimum Gasteiger partial charge on any atom is -0.354 e. The first-order valence-electron chi connectivity index (χ1n) is 9.54. The van der Waals surface area contributed by atoms with Crippen LogP contribution in [0, 0.1) is 0 Å². The molecule has 1 saturated heterocycles. The number of aromatic nitrogens is 1. The van der Waals surface area contributed by atoms with E-state index < -0.39 is 0 Å². The van der Waals surface area contributed by atoms with E-state index in [1.807, 2.05) is 48.5 Å². The third-order valence-corrected chi connectivity index (χ3v) is 5.32. The van der Waals surface area contributed by atoms with Gasteiger partial charge in [0.25, 0.3) is 0 Å². The van der Waals surface area contributed by atoms with Gasteiger partial charge >= 0.3 is 0 Å². The highest BCUT2D eigenvalue weighted by Gasteiger charge is 2.30. The van der Waals surface area contributed by atoms with Crippen LogP contribution in [0.2, 0.25) is 0 Å². The average Bonchev–Trinajstić information content (AvgIpc) is 3.22. The third kappa shape index (κ3) is 4.70. The third-order valence-electron chi connectivity index (χ3n) is 5.32. The first-order valence-corrected chi connectivity index (χ1v) is 9.54. The second-order valence-corrected chi connectivity index (χ2v) is 7.71. The highest BCUT2D eigenvalue weighted by Crippen LogP contribution is 2.23. The van der Waals surface area contributed by atoms with Crippen LogP contribution < -0.4 is 5.32 Å². The lowest BCUT2D eigenvalue weighted by Crippen LogP contribution is -2.51.